The number of aromatic nitrogens is 1. The number of nitrogens with zero attached hydrogens (tertiary/aromatic N) is 1. The number of ether oxygens (including phenoxy) is 1. The van der Waals surface area contributed by atoms with Gasteiger partial charge >= 0.3 is 0 Å². The molecular formula is C11H15F2NO. The summed E-state index contributed by atoms with van der Waals surface area (Å²) in [6.07, 6.45) is 2.58. The highest BCUT2D eigenvalue weighted by molar-refractivity contribution is 5.27. The maximum atomic E-state index is 13.9. The molecule has 0 amide bonds. The normalized spacial score (nSPS) is 12.7. The second-order valence-corrected chi connectivity index (χ2v) is 4.44. The van der Waals surface area contributed by atoms with Crippen molar-refractivity contribution < 1.29 is 13.5 Å². The molecule has 0 bridgehead atoms. The van der Waals surface area contributed by atoms with Gasteiger partial charge in [0.2, 0.25) is 0 Å². The zero-order valence-electron chi connectivity index (χ0n) is 9.34. The molecule has 4 heteroatoms. The summed E-state index contributed by atoms with van der Waals surface area (Å²) in [6, 6.07) is 1.32. The minimum atomic E-state index is -2.92. The van der Waals surface area contributed by atoms with Gasteiger partial charge in [0.1, 0.15) is 5.75 Å². The van der Waals surface area contributed by atoms with E-state index in [-0.39, 0.29) is 5.56 Å². The average Bonchev–Trinajstić information content (AvgIpc) is 2.16. The largest absolute Gasteiger partial charge is 0.495 e. The Hall–Kier alpha value is -1.19. The Morgan fingerprint density at radius 3 is 2.27 bits per heavy atom. The van der Waals surface area contributed by atoms with Gasteiger partial charge in [-0.3, -0.25) is 4.98 Å². The van der Waals surface area contributed by atoms with Gasteiger partial charge in [0.25, 0.3) is 5.92 Å². The van der Waals surface area contributed by atoms with Crippen molar-refractivity contribution in [2.75, 3.05) is 7.11 Å². The van der Waals surface area contributed by atoms with E-state index in [1.807, 2.05) is 0 Å². The van der Waals surface area contributed by atoms with Gasteiger partial charge in [-0.25, -0.2) is 8.78 Å². The highest BCUT2D eigenvalue weighted by atomic mass is 19.3. The number of methoxy groups -OCH3 is 1. The van der Waals surface area contributed by atoms with Crippen molar-refractivity contribution in [1.82, 2.24) is 4.98 Å². The smallest absolute Gasteiger partial charge is 0.279 e. The van der Waals surface area contributed by atoms with E-state index >= 15 is 0 Å². The van der Waals surface area contributed by atoms with Crippen LogP contribution in [0.3, 0.4) is 0 Å². The molecule has 84 valence electrons. The van der Waals surface area contributed by atoms with Crippen molar-refractivity contribution in [3.05, 3.63) is 24.0 Å². The van der Waals surface area contributed by atoms with Crippen LogP contribution in [-0.2, 0) is 5.92 Å². The van der Waals surface area contributed by atoms with E-state index in [2.05, 4.69) is 4.98 Å². The number of hydrogen-bond acceptors (Lipinski definition) is 2. The summed E-state index contributed by atoms with van der Waals surface area (Å²) in [7, 11) is 1.43. The molecule has 0 aliphatic heterocycles. The zero-order chi connectivity index (χ0) is 11.7. The SMILES string of the molecule is COc1cncc(C(F)(F)C(C)(C)C)c1. The molecule has 1 rings (SSSR count). The minimum Gasteiger partial charge on any atom is -0.495 e. The Bertz CT molecular complexity index is 345. The van der Waals surface area contributed by atoms with Gasteiger partial charge in [0.05, 0.1) is 13.3 Å². The Kier molecular flexibility index (Phi) is 2.98. The van der Waals surface area contributed by atoms with Crippen molar-refractivity contribution in [1.29, 1.82) is 0 Å². The minimum absolute atomic E-state index is 0.116. The van der Waals surface area contributed by atoms with Crippen molar-refractivity contribution >= 4 is 0 Å². The van der Waals surface area contributed by atoms with Gasteiger partial charge < -0.3 is 4.74 Å². The molecule has 0 unspecified atom stereocenters. The molecule has 0 N–H and O–H groups in total. The average molecular weight is 215 g/mol. The summed E-state index contributed by atoms with van der Waals surface area (Å²) >= 11 is 0. The Balaban J connectivity index is 3.15. The lowest BCUT2D eigenvalue weighted by atomic mass is 9.84. The lowest BCUT2D eigenvalue weighted by molar-refractivity contribution is -0.104. The zero-order valence-corrected chi connectivity index (χ0v) is 9.34. The van der Waals surface area contributed by atoms with Crippen molar-refractivity contribution in [3.63, 3.8) is 0 Å². The Labute approximate surface area is 88.3 Å². The molecule has 0 radical (unpaired) electrons. The van der Waals surface area contributed by atoms with Crippen LogP contribution in [0.5, 0.6) is 5.75 Å². The van der Waals surface area contributed by atoms with Crippen LogP contribution in [0.25, 0.3) is 0 Å². The lowest BCUT2D eigenvalue weighted by Gasteiger charge is -2.30. The van der Waals surface area contributed by atoms with Crippen LogP contribution in [0.15, 0.2) is 18.5 Å². The second kappa shape index (κ2) is 3.76. The summed E-state index contributed by atoms with van der Waals surface area (Å²) < 4.78 is 32.6. The number of alkyl halides is 2. The first kappa shape index (κ1) is 11.9. The van der Waals surface area contributed by atoms with E-state index in [0.717, 1.165) is 0 Å². The predicted octanol–water partition coefficient (Wildman–Crippen LogP) is 3.23. The summed E-state index contributed by atoms with van der Waals surface area (Å²) in [4.78, 5) is 3.73. The highest BCUT2D eigenvalue weighted by Crippen LogP contribution is 2.44. The van der Waals surface area contributed by atoms with Gasteiger partial charge in [-0.2, -0.15) is 0 Å². The molecular weight excluding hydrogens is 200 g/mol. The van der Waals surface area contributed by atoms with Gasteiger partial charge in [-0.15, -0.1) is 0 Å². The maximum Gasteiger partial charge on any atom is 0.279 e. The monoisotopic (exact) mass is 215 g/mol. The lowest BCUT2D eigenvalue weighted by Crippen LogP contribution is -2.31. The van der Waals surface area contributed by atoms with E-state index in [9.17, 15) is 8.78 Å². The van der Waals surface area contributed by atoms with E-state index in [1.54, 1.807) is 0 Å². The standard InChI is InChI=1S/C11H15F2NO/c1-10(2,3)11(12,13)8-5-9(15-4)7-14-6-8/h5-7H,1-4H3. The highest BCUT2D eigenvalue weighted by Gasteiger charge is 2.45. The third kappa shape index (κ3) is 2.25. The number of pyridine rings is 1. The summed E-state index contributed by atoms with van der Waals surface area (Å²) in [5.74, 6) is -2.58. The quantitative estimate of drug-likeness (QED) is 0.755. The first-order valence-electron chi connectivity index (χ1n) is 4.66. The van der Waals surface area contributed by atoms with Crippen LogP contribution in [0.1, 0.15) is 26.3 Å². The summed E-state index contributed by atoms with van der Waals surface area (Å²) in [5, 5.41) is 0. The predicted molar refractivity (Wildman–Crippen MR) is 54.1 cm³/mol. The molecule has 1 heterocycles. The molecule has 0 fully saturated rings. The number of halogens is 2. The van der Waals surface area contributed by atoms with Crippen molar-refractivity contribution in [2.45, 2.75) is 26.7 Å². The third-order valence-electron chi connectivity index (χ3n) is 2.25. The molecule has 0 aliphatic carbocycles. The summed E-state index contributed by atoms with van der Waals surface area (Å²) in [5.41, 5.74) is -1.25. The van der Waals surface area contributed by atoms with Crippen LogP contribution in [0.4, 0.5) is 8.78 Å². The van der Waals surface area contributed by atoms with Gasteiger partial charge in [-0.05, 0) is 6.07 Å². The fourth-order valence-corrected chi connectivity index (χ4v) is 1.14. The molecule has 15 heavy (non-hydrogen) atoms. The fourth-order valence-electron chi connectivity index (χ4n) is 1.14. The molecule has 2 nitrogen and oxygen atoms in total. The molecule has 0 saturated heterocycles. The first-order valence-corrected chi connectivity index (χ1v) is 4.66. The van der Waals surface area contributed by atoms with Crippen LogP contribution >= 0.6 is 0 Å². The topological polar surface area (TPSA) is 22.1 Å². The molecule has 0 aliphatic rings. The van der Waals surface area contributed by atoms with E-state index in [0.29, 0.717) is 5.75 Å². The number of hydrogen-bond donors (Lipinski definition) is 0. The fraction of sp³-hybridized carbons (Fsp3) is 0.545. The molecule has 0 saturated carbocycles. The molecule has 0 atom stereocenters. The van der Waals surface area contributed by atoms with Gasteiger partial charge in [0, 0.05) is 17.2 Å². The van der Waals surface area contributed by atoms with Crippen molar-refractivity contribution in [2.24, 2.45) is 5.41 Å². The summed E-state index contributed by atoms with van der Waals surface area (Å²) in [6.45, 7) is 4.48. The van der Waals surface area contributed by atoms with Gasteiger partial charge in [0.15, 0.2) is 0 Å². The molecule has 0 spiro atoms. The number of rotatable bonds is 2. The van der Waals surface area contributed by atoms with Crippen LogP contribution in [0.2, 0.25) is 0 Å². The van der Waals surface area contributed by atoms with E-state index < -0.39 is 11.3 Å². The molecule has 1 aromatic rings. The van der Waals surface area contributed by atoms with Crippen LogP contribution < -0.4 is 4.74 Å². The Morgan fingerprint density at radius 1 is 1.20 bits per heavy atom. The third-order valence-corrected chi connectivity index (χ3v) is 2.25. The van der Waals surface area contributed by atoms with Gasteiger partial charge in [-0.1, -0.05) is 20.8 Å². The first-order chi connectivity index (χ1) is 6.79. The molecule has 1 aromatic heterocycles. The molecule has 0 aromatic carbocycles. The van der Waals surface area contributed by atoms with Crippen molar-refractivity contribution in [3.8, 4) is 5.75 Å². The van der Waals surface area contributed by atoms with Crippen LogP contribution in [0, 0.1) is 5.41 Å². The second-order valence-electron chi connectivity index (χ2n) is 4.44. The maximum absolute atomic E-state index is 13.9. The Morgan fingerprint density at radius 2 is 1.80 bits per heavy atom. The van der Waals surface area contributed by atoms with Crippen LogP contribution in [-0.4, -0.2) is 12.1 Å². The van der Waals surface area contributed by atoms with E-state index in [4.69, 9.17) is 4.74 Å². The van der Waals surface area contributed by atoms with E-state index in [1.165, 1.54) is 46.3 Å².